The average molecular weight is 555 g/mol. The van der Waals surface area contributed by atoms with Crippen LogP contribution in [-0.2, 0) is 20.8 Å². The van der Waals surface area contributed by atoms with E-state index < -0.39 is 47.2 Å². The largest absolute Gasteiger partial charge is 0.480 e. The molecule has 0 aliphatic carbocycles. The van der Waals surface area contributed by atoms with Gasteiger partial charge in [-0.3, -0.25) is 14.4 Å². The Labute approximate surface area is 230 Å². The lowest BCUT2D eigenvalue weighted by molar-refractivity contribution is -0.142. The van der Waals surface area contributed by atoms with Crippen LogP contribution >= 0.6 is 11.8 Å². The van der Waals surface area contributed by atoms with Crippen LogP contribution in [0.3, 0.4) is 0 Å². The van der Waals surface area contributed by atoms with Gasteiger partial charge in [0.1, 0.15) is 18.1 Å². The molecule has 3 atom stereocenters. The first kappa shape index (κ1) is 29.7. The third-order valence-corrected chi connectivity index (χ3v) is 6.93. The summed E-state index contributed by atoms with van der Waals surface area (Å²) in [6.45, 7) is 3.74. The highest BCUT2D eigenvalue weighted by Gasteiger charge is 2.31. The maximum atomic E-state index is 13.8. The number of para-hydroxylation sites is 1. The summed E-state index contributed by atoms with van der Waals surface area (Å²) in [5.74, 6) is -1.98. The summed E-state index contributed by atoms with van der Waals surface area (Å²) in [6, 6.07) is 12.0. The van der Waals surface area contributed by atoms with Gasteiger partial charge in [-0.2, -0.15) is 11.8 Å². The number of nitrogens with zero attached hydrogens (tertiary/aromatic N) is 1. The smallest absolute Gasteiger partial charge is 0.329 e. The number of carbonyl (C=O) groups excluding carboxylic acids is 2. The van der Waals surface area contributed by atoms with E-state index in [-0.39, 0.29) is 30.6 Å². The molecule has 39 heavy (non-hydrogen) atoms. The first-order chi connectivity index (χ1) is 18.6. The Bertz CT molecular complexity index is 1420. The number of aromatic nitrogens is 2. The molecule has 0 saturated heterocycles. The number of aromatic amines is 1. The van der Waals surface area contributed by atoms with Gasteiger partial charge in [0.05, 0.1) is 10.9 Å². The van der Waals surface area contributed by atoms with E-state index in [1.54, 1.807) is 48.5 Å². The number of hydrogen-bond acceptors (Lipinski definition) is 6. The van der Waals surface area contributed by atoms with Crippen LogP contribution in [0.25, 0.3) is 10.9 Å². The highest BCUT2D eigenvalue weighted by molar-refractivity contribution is 7.98. The maximum Gasteiger partial charge on any atom is 0.329 e. The number of nitrogens with one attached hydrogen (secondary N) is 3. The number of carboxylic acid groups (broad SMARTS) is 1. The molecule has 1 aromatic heterocycles. The highest BCUT2D eigenvalue weighted by Crippen LogP contribution is 2.15. The Morgan fingerprint density at radius 1 is 0.949 bits per heavy atom. The Balaban J connectivity index is 1.99. The van der Waals surface area contributed by atoms with E-state index in [1.807, 2.05) is 26.2 Å². The van der Waals surface area contributed by atoms with Gasteiger partial charge >= 0.3 is 11.7 Å². The van der Waals surface area contributed by atoms with Crippen LogP contribution in [0.2, 0.25) is 0 Å². The molecule has 0 spiro atoms. The molecule has 2 aromatic carbocycles. The number of fused-ring (bicyclic) bond motifs is 1. The zero-order valence-corrected chi connectivity index (χ0v) is 23.0. The van der Waals surface area contributed by atoms with Crippen molar-refractivity contribution < 1.29 is 19.5 Å². The van der Waals surface area contributed by atoms with Crippen LogP contribution in [0, 0.1) is 5.92 Å². The average Bonchev–Trinajstić information content (AvgIpc) is 2.90. The normalized spacial score (nSPS) is 13.5. The van der Waals surface area contributed by atoms with Crippen LogP contribution in [-0.4, -0.2) is 56.5 Å². The third kappa shape index (κ3) is 7.82. The summed E-state index contributed by atoms with van der Waals surface area (Å²) in [7, 11) is 0. The number of thioether (sulfide) groups is 1. The van der Waals surface area contributed by atoms with E-state index in [4.69, 9.17) is 0 Å². The van der Waals surface area contributed by atoms with Gasteiger partial charge in [0.2, 0.25) is 11.8 Å². The minimum Gasteiger partial charge on any atom is -0.480 e. The van der Waals surface area contributed by atoms with Gasteiger partial charge < -0.3 is 20.7 Å². The Hall–Kier alpha value is -3.86. The molecule has 0 unspecified atom stereocenters. The molecular weight excluding hydrogens is 520 g/mol. The van der Waals surface area contributed by atoms with Crippen molar-refractivity contribution in [3.63, 3.8) is 0 Å². The van der Waals surface area contributed by atoms with Gasteiger partial charge in [0, 0.05) is 6.42 Å². The number of amides is 2. The van der Waals surface area contributed by atoms with Crippen molar-refractivity contribution in [3.8, 4) is 0 Å². The van der Waals surface area contributed by atoms with E-state index in [1.165, 1.54) is 11.8 Å². The summed E-state index contributed by atoms with van der Waals surface area (Å²) in [4.78, 5) is 67.8. The molecule has 11 heteroatoms. The number of hydrogen-bond donors (Lipinski definition) is 4. The minimum absolute atomic E-state index is 0.0186. The third-order valence-electron chi connectivity index (χ3n) is 6.29. The van der Waals surface area contributed by atoms with E-state index in [0.29, 0.717) is 16.8 Å². The van der Waals surface area contributed by atoms with Crippen LogP contribution in [0.5, 0.6) is 0 Å². The van der Waals surface area contributed by atoms with E-state index in [9.17, 15) is 29.1 Å². The Morgan fingerprint density at radius 3 is 2.23 bits per heavy atom. The molecule has 1 heterocycles. The molecule has 3 rings (SSSR count). The van der Waals surface area contributed by atoms with Crippen molar-refractivity contribution >= 4 is 40.4 Å². The second-order valence-electron chi connectivity index (χ2n) is 9.73. The molecule has 3 aromatic rings. The van der Waals surface area contributed by atoms with Gasteiger partial charge in [-0.05, 0) is 48.5 Å². The zero-order chi connectivity index (χ0) is 28.5. The number of aliphatic carboxylic acids is 1. The summed E-state index contributed by atoms with van der Waals surface area (Å²) < 4.78 is 0.882. The second kappa shape index (κ2) is 13.8. The summed E-state index contributed by atoms with van der Waals surface area (Å²) >= 11 is 1.46. The number of carbonyl (C=O) groups is 3. The summed E-state index contributed by atoms with van der Waals surface area (Å²) in [5.41, 5.74) is -0.310. The fourth-order valence-electron chi connectivity index (χ4n) is 4.33. The van der Waals surface area contributed by atoms with Crippen molar-refractivity contribution in [2.75, 3.05) is 12.0 Å². The lowest BCUT2D eigenvalue weighted by Crippen LogP contribution is -2.54. The maximum absolute atomic E-state index is 13.8. The van der Waals surface area contributed by atoms with Gasteiger partial charge in [0.15, 0.2) is 0 Å². The van der Waals surface area contributed by atoms with Crippen molar-refractivity contribution in [2.24, 2.45) is 5.92 Å². The highest BCUT2D eigenvalue weighted by atomic mass is 32.2. The molecule has 0 radical (unpaired) electrons. The van der Waals surface area contributed by atoms with Crippen LogP contribution in [0.15, 0.2) is 64.2 Å². The van der Waals surface area contributed by atoms with Crippen molar-refractivity contribution in [1.29, 1.82) is 0 Å². The lowest BCUT2D eigenvalue weighted by Gasteiger charge is -2.26. The fourth-order valence-corrected chi connectivity index (χ4v) is 4.81. The zero-order valence-electron chi connectivity index (χ0n) is 22.2. The number of H-pyrrole nitrogens is 1. The van der Waals surface area contributed by atoms with Gasteiger partial charge in [0.25, 0.3) is 5.56 Å². The van der Waals surface area contributed by atoms with E-state index in [0.717, 1.165) is 4.57 Å². The van der Waals surface area contributed by atoms with Gasteiger partial charge in [-0.1, -0.05) is 56.3 Å². The number of carboxylic acids is 1. The van der Waals surface area contributed by atoms with Crippen LogP contribution in [0.1, 0.15) is 38.3 Å². The Morgan fingerprint density at radius 2 is 1.59 bits per heavy atom. The fraction of sp³-hybridized carbons (Fsp3) is 0.393. The SMILES string of the molecule is CSCC[C@@H](NC(=O)[C@H](CC(C)C)NC(=O)[C@H](Cc1ccccc1)n1c(=O)[nH]c2ccccc2c1=O)C(=O)O. The molecule has 4 N–H and O–H groups in total. The predicted octanol–water partition coefficient (Wildman–Crippen LogP) is 2.33. The summed E-state index contributed by atoms with van der Waals surface area (Å²) in [6.07, 6.45) is 2.32. The molecule has 0 fully saturated rings. The molecule has 0 aliphatic heterocycles. The van der Waals surface area contributed by atoms with Crippen molar-refractivity contribution in [1.82, 2.24) is 20.2 Å². The number of rotatable bonds is 13. The Kier molecular flexibility index (Phi) is 10.5. The molecule has 10 nitrogen and oxygen atoms in total. The topological polar surface area (TPSA) is 150 Å². The second-order valence-corrected chi connectivity index (χ2v) is 10.7. The molecule has 2 amide bonds. The minimum atomic E-state index is -1.26. The van der Waals surface area contributed by atoms with Gasteiger partial charge in [-0.25, -0.2) is 14.2 Å². The molecular formula is C28H34N4O6S. The van der Waals surface area contributed by atoms with Crippen molar-refractivity contribution in [3.05, 3.63) is 81.0 Å². The van der Waals surface area contributed by atoms with Crippen LogP contribution < -0.4 is 21.9 Å². The van der Waals surface area contributed by atoms with Gasteiger partial charge in [-0.15, -0.1) is 0 Å². The standard InChI is InChI=1S/C28H34N4O6S/c1-17(2)15-22(24(33)29-21(27(36)37)13-14-39-3)30-25(34)23(16-18-9-5-4-6-10-18)32-26(35)19-11-7-8-12-20(19)31-28(32)38/h4-12,17,21-23H,13-16H2,1-3H3,(H,29,33)(H,30,34)(H,31,38)(H,36,37)/t21-,22+,23+/m1/s1. The predicted molar refractivity (Wildman–Crippen MR) is 152 cm³/mol. The quantitative estimate of drug-likeness (QED) is 0.253. The summed E-state index contributed by atoms with van der Waals surface area (Å²) in [5, 5.41) is 15.0. The lowest BCUT2D eigenvalue weighted by atomic mass is 10.0. The molecule has 0 saturated carbocycles. The number of benzene rings is 2. The van der Waals surface area contributed by atoms with Crippen molar-refractivity contribution in [2.45, 2.75) is 51.2 Å². The van der Waals surface area contributed by atoms with E-state index >= 15 is 0 Å². The van der Waals surface area contributed by atoms with Crippen LogP contribution in [0.4, 0.5) is 0 Å². The first-order valence-electron chi connectivity index (χ1n) is 12.7. The first-order valence-corrected chi connectivity index (χ1v) is 14.1. The molecule has 208 valence electrons. The van der Waals surface area contributed by atoms with E-state index in [2.05, 4.69) is 15.6 Å². The molecule has 0 bridgehead atoms. The monoisotopic (exact) mass is 554 g/mol. The molecule has 0 aliphatic rings.